The minimum atomic E-state index is -0.881. The smallest absolute Gasteiger partial charge is 0.161 e. The van der Waals surface area contributed by atoms with Gasteiger partial charge in [0.25, 0.3) is 0 Å². The highest BCUT2D eigenvalue weighted by atomic mass is 19.2. The van der Waals surface area contributed by atoms with Crippen LogP contribution in [-0.4, -0.2) is 16.6 Å². The van der Waals surface area contributed by atoms with E-state index in [9.17, 15) is 8.78 Å². The standard InChI is InChI=1S/C12H12F2N2O/c1-12(3-2-4-17-12)11-15-9-5-7(13)8(14)6-10(9)16-11/h5-6H,2-4H2,1H3,(H,15,16). The molecule has 1 fully saturated rings. The predicted octanol–water partition coefficient (Wildman–Crippen LogP) is 2.87. The van der Waals surface area contributed by atoms with Gasteiger partial charge in [0, 0.05) is 18.7 Å². The molecule has 90 valence electrons. The van der Waals surface area contributed by atoms with Gasteiger partial charge in [0.05, 0.1) is 11.0 Å². The zero-order valence-electron chi connectivity index (χ0n) is 9.39. The summed E-state index contributed by atoms with van der Waals surface area (Å²) in [6, 6.07) is 2.22. The van der Waals surface area contributed by atoms with Gasteiger partial charge in [-0.3, -0.25) is 0 Å². The average molecular weight is 238 g/mol. The van der Waals surface area contributed by atoms with Crippen LogP contribution in [0.2, 0.25) is 0 Å². The van der Waals surface area contributed by atoms with Crippen LogP contribution in [0, 0.1) is 11.6 Å². The van der Waals surface area contributed by atoms with E-state index in [2.05, 4.69) is 9.97 Å². The van der Waals surface area contributed by atoms with E-state index < -0.39 is 17.2 Å². The Bertz CT molecular complexity index is 534. The summed E-state index contributed by atoms with van der Waals surface area (Å²) in [5.74, 6) is -1.12. The first kappa shape index (κ1) is 10.7. The van der Waals surface area contributed by atoms with Gasteiger partial charge in [-0.25, -0.2) is 13.8 Å². The normalized spacial score (nSPS) is 24.6. The van der Waals surface area contributed by atoms with Crippen molar-refractivity contribution in [1.82, 2.24) is 9.97 Å². The SMILES string of the molecule is CC1(c2nc3cc(F)c(F)cc3[nH]2)CCCO1. The molecule has 1 saturated heterocycles. The molecule has 3 nitrogen and oxygen atoms in total. The fourth-order valence-corrected chi connectivity index (χ4v) is 2.22. The summed E-state index contributed by atoms with van der Waals surface area (Å²) in [5.41, 5.74) is 0.456. The predicted molar refractivity (Wildman–Crippen MR) is 58.5 cm³/mol. The number of aromatic nitrogens is 2. The Hall–Kier alpha value is -1.49. The molecule has 1 aliphatic heterocycles. The molecule has 1 atom stereocenters. The van der Waals surface area contributed by atoms with E-state index in [0.717, 1.165) is 25.0 Å². The van der Waals surface area contributed by atoms with Gasteiger partial charge in [-0.15, -0.1) is 0 Å². The summed E-state index contributed by atoms with van der Waals surface area (Å²) in [5, 5.41) is 0. The van der Waals surface area contributed by atoms with Crippen molar-refractivity contribution in [2.45, 2.75) is 25.4 Å². The number of benzene rings is 1. The zero-order valence-corrected chi connectivity index (χ0v) is 9.39. The third-order valence-electron chi connectivity index (χ3n) is 3.24. The van der Waals surface area contributed by atoms with Crippen LogP contribution in [0.15, 0.2) is 12.1 Å². The molecular weight excluding hydrogens is 226 g/mol. The second-order valence-electron chi connectivity index (χ2n) is 4.55. The largest absolute Gasteiger partial charge is 0.367 e. The monoisotopic (exact) mass is 238 g/mol. The molecule has 2 heterocycles. The molecule has 1 N–H and O–H groups in total. The average Bonchev–Trinajstić information content (AvgIpc) is 2.87. The Labute approximate surface area is 96.8 Å². The molecule has 1 aromatic carbocycles. The third kappa shape index (κ3) is 1.61. The number of hydrogen-bond donors (Lipinski definition) is 1. The van der Waals surface area contributed by atoms with Gasteiger partial charge < -0.3 is 9.72 Å². The lowest BCUT2D eigenvalue weighted by molar-refractivity contribution is 0.0103. The van der Waals surface area contributed by atoms with Crippen molar-refractivity contribution < 1.29 is 13.5 Å². The lowest BCUT2D eigenvalue weighted by Crippen LogP contribution is -2.21. The van der Waals surface area contributed by atoms with Gasteiger partial charge in [0.15, 0.2) is 11.6 Å². The van der Waals surface area contributed by atoms with Crippen molar-refractivity contribution in [3.05, 3.63) is 29.6 Å². The number of nitrogens with one attached hydrogen (secondary N) is 1. The fraction of sp³-hybridized carbons (Fsp3) is 0.417. The van der Waals surface area contributed by atoms with Crippen LogP contribution in [0.5, 0.6) is 0 Å². The lowest BCUT2D eigenvalue weighted by atomic mass is 10.0. The Balaban J connectivity index is 2.13. The van der Waals surface area contributed by atoms with Crippen LogP contribution in [0.1, 0.15) is 25.6 Å². The molecule has 1 aliphatic rings. The third-order valence-corrected chi connectivity index (χ3v) is 3.24. The Morgan fingerprint density at radius 1 is 1.35 bits per heavy atom. The number of rotatable bonds is 1. The summed E-state index contributed by atoms with van der Waals surface area (Å²) in [6.45, 7) is 2.63. The summed E-state index contributed by atoms with van der Waals surface area (Å²) in [4.78, 5) is 7.28. The van der Waals surface area contributed by atoms with E-state index in [1.807, 2.05) is 6.92 Å². The number of nitrogens with zero attached hydrogens (tertiary/aromatic N) is 1. The lowest BCUT2D eigenvalue weighted by Gasteiger charge is -2.19. The van der Waals surface area contributed by atoms with E-state index in [1.54, 1.807) is 0 Å². The van der Waals surface area contributed by atoms with Crippen molar-refractivity contribution in [3.8, 4) is 0 Å². The van der Waals surface area contributed by atoms with E-state index in [4.69, 9.17) is 4.74 Å². The van der Waals surface area contributed by atoms with Gasteiger partial charge in [-0.2, -0.15) is 0 Å². The highest BCUT2D eigenvalue weighted by Crippen LogP contribution is 2.34. The Morgan fingerprint density at radius 2 is 2.12 bits per heavy atom. The van der Waals surface area contributed by atoms with Gasteiger partial charge in [-0.05, 0) is 19.8 Å². The molecule has 2 aromatic rings. The van der Waals surface area contributed by atoms with Crippen molar-refractivity contribution >= 4 is 11.0 Å². The Morgan fingerprint density at radius 3 is 2.82 bits per heavy atom. The van der Waals surface area contributed by atoms with Crippen molar-refractivity contribution in [3.63, 3.8) is 0 Å². The van der Waals surface area contributed by atoms with Gasteiger partial charge >= 0.3 is 0 Å². The van der Waals surface area contributed by atoms with E-state index in [0.29, 0.717) is 23.5 Å². The maximum absolute atomic E-state index is 13.1. The second-order valence-corrected chi connectivity index (χ2v) is 4.55. The summed E-state index contributed by atoms with van der Waals surface area (Å²) < 4.78 is 31.8. The van der Waals surface area contributed by atoms with Crippen LogP contribution in [0.4, 0.5) is 8.78 Å². The van der Waals surface area contributed by atoms with Crippen molar-refractivity contribution in [1.29, 1.82) is 0 Å². The van der Waals surface area contributed by atoms with Crippen LogP contribution in [0.25, 0.3) is 11.0 Å². The number of halogens is 2. The zero-order chi connectivity index (χ0) is 12.0. The highest BCUT2D eigenvalue weighted by molar-refractivity contribution is 5.75. The Kier molecular flexibility index (Phi) is 2.19. The topological polar surface area (TPSA) is 37.9 Å². The minimum Gasteiger partial charge on any atom is -0.367 e. The van der Waals surface area contributed by atoms with Gasteiger partial charge in [0.1, 0.15) is 11.4 Å². The highest BCUT2D eigenvalue weighted by Gasteiger charge is 2.34. The van der Waals surface area contributed by atoms with Gasteiger partial charge in [0.2, 0.25) is 0 Å². The molecule has 3 rings (SSSR count). The molecule has 0 amide bonds. The maximum Gasteiger partial charge on any atom is 0.161 e. The fourth-order valence-electron chi connectivity index (χ4n) is 2.22. The number of aromatic amines is 1. The first-order chi connectivity index (χ1) is 8.08. The number of H-pyrrole nitrogens is 1. The number of imidazole rings is 1. The summed E-state index contributed by atoms with van der Waals surface area (Å²) >= 11 is 0. The van der Waals surface area contributed by atoms with Gasteiger partial charge in [-0.1, -0.05) is 0 Å². The van der Waals surface area contributed by atoms with Crippen molar-refractivity contribution in [2.24, 2.45) is 0 Å². The maximum atomic E-state index is 13.1. The number of hydrogen-bond acceptors (Lipinski definition) is 2. The molecule has 1 unspecified atom stereocenters. The molecule has 0 spiro atoms. The molecule has 0 radical (unpaired) electrons. The summed E-state index contributed by atoms with van der Waals surface area (Å²) in [7, 11) is 0. The molecule has 17 heavy (non-hydrogen) atoms. The minimum absolute atomic E-state index is 0.427. The molecule has 0 aliphatic carbocycles. The van der Waals surface area contributed by atoms with E-state index in [1.165, 1.54) is 0 Å². The second kappa shape index (κ2) is 3.50. The first-order valence-corrected chi connectivity index (χ1v) is 5.58. The number of ether oxygens (including phenoxy) is 1. The molecule has 5 heteroatoms. The van der Waals surface area contributed by atoms with Crippen LogP contribution in [0.3, 0.4) is 0 Å². The van der Waals surface area contributed by atoms with E-state index in [-0.39, 0.29) is 0 Å². The van der Waals surface area contributed by atoms with Crippen LogP contribution < -0.4 is 0 Å². The van der Waals surface area contributed by atoms with E-state index >= 15 is 0 Å². The molecular formula is C12H12F2N2O. The molecule has 1 aromatic heterocycles. The van der Waals surface area contributed by atoms with Crippen LogP contribution >= 0.6 is 0 Å². The number of fused-ring (bicyclic) bond motifs is 1. The van der Waals surface area contributed by atoms with Crippen LogP contribution in [-0.2, 0) is 10.3 Å². The molecule has 0 bridgehead atoms. The summed E-state index contributed by atoms with van der Waals surface area (Å²) in [6.07, 6.45) is 1.83. The molecule has 0 saturated carbocycles. The first-order valence-electron chi connectivity index (χ1n) is 5.58. The quantitative estimate of drug-likeness (QED) is 0.829. The van der Waals surface area contributed by atoms with Crippen molar-refractivity contribution in [2.75, 3.05) is 6.61 Å².